The lowest BCUT2D eigenvalue weighted by molar-refractivity contribution is -0.143. The number of carbonyl (C=O) groups excluding carboxylic acids is 1. The van der Waals surface area contributed by atoms with Gasteiger partial charge in [0.2, 0.25) is 5.91 Å². The molecule has 1 amide bonds. The molecule has 0 bridgehead atoms. The maximum atomic E-state index is 13.6. The quantitative estimate of drug-likeness (QED) is 0.520. The summed E-state index contributed by atoms with van der Waals surface area (Å²) in [6, 6.07) is 6.29. The van der Waals surface area contributed by atoms with Crippen molar-refractivity contribution in [1.29, 1.82) is 0 Å². The van der Waals surface area contributed by atoms with Gasteiger partial charge in [-0.3, -0.25) is 4.79 Å². The fourth-order valence-electron chi connectivity index (χ4n) is 5.27. The number of nitrogens with two attached hydrogens (primary N) is 1. The van der Waals surface area contributed by atoms with Gasteiger partial charge in [0, 0.05) is 24.4 Å². The number of amides is 1. The second-order valence-electron chi connectivity index (χ2n) is 9.73. The Morgan fingerprint density at radius 1 is 1.03 bits per heavy atom. The fourth-order valence-corrected chi connectivity index (χ4v) is 5.27. The number of rotatable bonds is 4. The number of fused-ring (bicyclic) bond motifs is 1. The minimum atomic E-state index is -4.99. The summed E-state index contributed by atoms with van der Waals surface area (Å²) in [6.07, 6.45) is -11.4. The van der Waals surface area contributed by atoms with Crippen LogP contribution < -0.4 is 5.73 Å². The Hall–Kier alpha value is -2.66. The summed E-state index contributed by atoms with van der Waals surface area (Å²) in [5.41, 5.74) is 3.13. The van der Waals surface area contributed by atoms with Gasteiger partial charge in [-0.15, -0.1) is 0 Å². The van der Waals surface area contributed by atoms with E-state index in [1.165, 1.54) is 31.2 Å². The number of piperidine rings is 1. The Kier molecular flexibility index (Phi) is 6.62. The van der Waals surface area contributed by atoms with Gasteiger partial charge in [-0.25, -0.2) is 4.39 Å². The van der Waals surface area contributed by atoms with Crippen molar-refractivity contribution in [1.82, 2.24) is 4.90 Å². The van der Waals surface area contributed by atoms with Crippen molar-refractivity contribution in [3.05, 3.63) is 70.5 Å². The van der Waals surface area contributed by atoms with Crippen LogP contribution in [0.2, 0.25) is 0 Å². The van der Waals surface area contributed by atoms with Crippen molar-refractivity contribution >= 4 is 5.91 Å². The van der Waals surface area contributed by atoms with Gasteiger partial charge in [0.05, 0.1) is 29.4 Å². The molecule has 2 saturated heterocycles. The van der Waals surface area contributed by atoms with E-state index in [4.69, 9.17) is 10.5 Å². The van der Waals surface area contributed by atoms with Gasteiger partial charge in [0.25, 0.3) is 0 Å². The molecule has 2 aliphatic rings. The summed E-state index contributed by atoms with van der Waals surface area (Å²) >= 11 is 0. The van der Waals surface area contributed by atoms with Crippen LogP contribution in [-0.4, -0.2) is 35.0 Å². The molecule has 2 aliphatic heterocycles. The van der Waals surface area contributed by atoms with Crippen molar-refractivity contribution < 1.29 is 40.3 Å². The summed E-state index contributed by atoms with van der Waals surface area (Å²) in [6.45, 7) is 3.19. The third kappa shape index (κ3) is 5.08. The third-order valence-corrected chi connectivity index (χ3v) is 7.04. The zero-order chi connectivity index (χ0) is 26.6. The molecule has 0 aliphatic carbocycles. The highest BCUT2D eigenvalue weighted by atomic mass is 19.4. The first-order chi connectivity index (χ1) is 16.6. The highest BCUT2D eigenvalue weighted by molar-refractivity contribution is 5.79. The molecule has 2 heterocycles. The van der Waals surface area contributed by atoms with E-state index in [1.807, 2.05) is 0 Å². The summed E-state index contributed by atoms with van der Waals surface area (Å²) in [5, 5.41) is 0. The van der Waals surface area contributed by atoms with Gasteiger partial charge in [0.15, 0.2) is 0 Å². The van der Waals surface area contributed by atoms with Crippen molar-refractivity contribution in [2.24, 2.45) is 5.73 Å². The average molecular weight is 518 g/mol. The van der Waals surface area contributed by atoms with Crippen LogP contribution in [0.3, 0.4) is 0 Å². The third-order valence-electron chi connectivity index (χ3n) is 7.04. The van der Waals surface area contributed by atoms with Crippen LogP contribution in [0.25, 0.3) is 0 Å². The molecule has 4 rings (SSSR count). The van der Waals surface area contributed by atoms with Crippen molar-refractivity contribution in [3.8, 4) is 0 Å². The Morgan fingerprint density at radius 3 is 2.11 bits per heavy atom. The highest BCUT2D eigenvalue weighted by Crippen LogP contribution is 2.46. The van der Waals surface area contributed by atoms with E-state index in [1.54, 1.807) is 11.8 Å². The lowest BCUT2D eigenvalue weighted by Crippen LogP contribution is -2.61. The van der Waals surface area contributed by atoms with Crippen LogP contribution in [0.1, 0.15) is 61.0 Å². The summed E-state index contributed by atoms with van der Waals surface area (Å²) in [7, 11) is 0. The molecule has 0 aromatic heterocycles. The number of carbonyl (C=O) groups is 1. The molecule has 2 N–H and O–H groups in total. The van der Waals surface area contributed by atoms with Crippen LogP contribution in [0, 0.1) is 5.82 Å². The maximum Gasteiger partial charge on any atom is 0.416 e. The summed E-state index contributed by atoms with van der Waals surface area (Å²) in [5.74, 6) is -1.23. The van der Waals surface area contributed by atoms with Crippen LogP contribution in [0.4, 0.5) is 30.7 Å². The minimum absolute atomic E-state index is 0.0494. The van der Waals surface area contributed by atoms with Crippen molar-refractivity contribution in [2.45, 2.75) is 68.7 Å². The topological polar surface area (TPSA) is 55.6 Å². The Morgan fingerprint density at radius 2 is 1.58 bits per heavy atom. The number of nitrogens with zero attached hydrogens (tertiary/aromatic N) is 1. The average Bonchev–Trinajstić information content (AvgIpc) is 3.16. The number of benzene rings is 2. The van der Waals surface area contributed by atoms with Crippen molar-refractivity contribution in [3.63, 3.8) is 0 Å². The molecule has 0 saturated carbocycles. The zero-order valence-electron chi connectivity index (χ0n) is 19.5. The molecular weight excluding hydrogens is 493 g/mol. The van der Waals surface area contributed by atoms with E-state index >= 15 is 0 Å². The molecule has 0 spiro atoms. The van der Waals surface area contributed by atoms with E-state index in [9.17, 15) is 35.5 Å². The first-order valence-electron chi connectivity index (χ1n) is 11.4. The molecule has 11 heteroatoms. The summed E-state index contributed by atoms with van der Waals surface area (Å²) < 4.78 is 99.8. The van der Waals surface area contributed by atoms with Crippen LogP contribution >= 0.6 is 0 Å². The Bertz CT molecular complexity index is 1100. The van der Waals surface area contributed by atoms with Crippen LogP contribution in [-0.2, 0) is 21.9 Å². The molecule has 4 nitrogen and oxygen atoms in total. The van der Waals surface area contributed by atoms with Gasteiger partial charge in [0.1, 0.15) is 5.82 Å². The molecule has 196 valence electrons. The largest absolute Gasteiger partial charge is 0.416 e. The van der Waals surface area contributed by atoms with Gasteiger partial charge >= 0.3 is 12.4 Å². The Labute approximate surface area is 203 Å². The molecule has 2 aromatic rings. The van der Waals surface area contributed by atoms with E-state index in [0.29, 0.717) is 24.1 Å². The molecular formula is C25H25F7N2O2. The first kappa shape index (κ1) is 26.4. The Balaban J connectivity index is 1.72. The summed E-state index contributed by atoms with van der Waals surface area (Å²) in [4.78, 5) is 14.3. The number of hydrogen-bond acceptors (Lipinski definition) is 3. The van der Waals surface area contributed by atoms with E-state index in [0.717, 1.165) is 0 Å². The molecule has 5 atom stereocenters. The predicted molar refractivity (Wildman–Crippen MR) is 116 cm³/mol. The molecule has 2 aromatic carbocycles. The maximum absolute atomic E-state index is 13.6. The second kappa shape index (κ2) is 9.02. The van der Waals surface area contributed by atoms with E-state index < -0.39 is 59.0 Å². The molecule has 0 radical (unpaired) electrons. The van der Waals surface area contributed by atoms with Crippen molar-refractivity contribution in [2.75, 3.05) is 6.54 Å². The fraction of sp³-hybridized carbons (Fsp3) is 0.480. The van der Waals surface area contributed by atoms with Gasteiger partial charge in [-0.05, 0) is 61.7 Å². The lowest BCUT2D eigenvalue weighted by atomic mass is 9.75. The molecule has 36 heavy (non-hydrogen) atoms. The monoisotopic (exact) mass is 518 g/mol. The molecule has 1 unspecified atom stereocenters. The van der Waals surface area contributed by atoms with Crippen LogP contribution in [0.15, 0.2) is 42.5 Å². The lowest BCUT2D eigenvalue weighted by Gasteiger charge is -2.44. The van der Waals surface area contributed by atoms with Gasteiger partial charge in [-0.2, -0.15) is 26.3 Å². The second-order valence-corrected chi connectivity index (χ2v) is 9.73. The SMILES string of the molecule is C[C@@H](O[C@H]1CN2C(=O)CCC(C)(N)[C@H]2[C@@H]1c1ccc(F)cc1)c1cc(C(F)(F)F)cc(C(F)(F)F)c1. The normalized spacial score (nSPS) is 27.8. The molecule has 2 fully saturated rings. The highest BCUT2D eigenvalue weighted by Gasteiger charge is 2.54. The standard InChI is InChI=1S/C25H25F7N2O2/c1-13(15-9-16(24(27,28)29)11-17(10-15)25(30,31)32)36-19-12-34-20(35)7-8-23(2,33)22(34)21(19)14-3-5-18(26)6-4-14/h3-6,9-11,13,19,21-22H,7-8,12,33H2,1-2H3/t13-,19+,21-,22-,23?/m1/s1. The number of hydrogen-bond donors (Lipinski definition) is 1. The number of halogens is 7. The number of alkyl halides is 6. The van der Waals surface area contributed by atoms with Gasteiger partial charge in [-0.1, -0.05) is 12.1 Å². The van der Waals surface area contributed by atoms with Gasteiger partial charge < -0.3 is 15.4 Å². The number of ether oxygens (including phenoxy) is 1. The minimum Gasteiger partial charge on any atom is -0.368 e. The first-order valence-corrected chi connectivity index (χ1v) is 11.4. The predicted octanol–water partition coefficient (Wildman–Crippen LogP) is 5.82. The van der Waals surface area contributed by atoms with E-state index in [2.05, 4.69) is 0 Å². The zero-order valence-corrected chi connectivity index (χ0v) is 19.5. The van der Waals surface area contributed by atoms with E-state index in [-0.39, 0.29) is 30.5 Å². The van der Waals surface area contributed by atoms with Crippen LogP contribution in [0.5, 0.6) is 0 Å². The smallest absolute Gasteiger partial charge is 0.368 e.